The highest BCUT2D eigenvalue weighted by molar-refractivity contribution is 7.77. The number of rotatable bonds is 6. The largest absolute Gasteiger partial charge is 0.468 e. The van der Waals surface area contributed by atoms with Crippen LogP contribution in [0.4, 0.5) is 0 Å². The maximum Gasteiger partial charge on any atom is 0.315 e. The fraction of sp³-hybridized carbons (Fsp3) is 0.242. The van der Waals surface area contributed by atoms with Gasteiger partial charge in [-0.05, 0) is 60.8 Å². The zero-order chi connectivity index (χ0) is 26.1. The van der Waals surface area contributed by atoms with Crippen molar-refractivity contribution < 1.29 is 9.53 Å². The second-order valence-corrected chi connectivity index (χ2v) is 12.3. The van der Waals surface area contributed by atoms with Crippen molar-refractivity contribution in [3.63, 3.8) is 0 Å². The lowest BCUT2D eigenvalue weighted by atomic mass is 9.99. The molecular formula is C33H33N2O2P. The summed E-state index contributed by atoms with van der Waals surface area (Å²) < 4.78 is 5.32. The van der Waals surface area contributed by atoms with Crippen molar-refractivity contribution in [1.29, 1.82) is 0 Å². The van der Waals surface area contributed by atoms with Gasteiger partial charge in [-0.3, -0.25) is 9.69 Å². The summed E-state index contributed by atoms with van der Waals surface area (Å²) >= 11 is 0. The van der Waals surface area contributed by atoms with E-state index in [1.807, 2.05) is 6.07 Å². The molecule has 1 aromatic heterocycles. The maximum absolute atomic E-state index is 13.1. The van der Waals surface area contributed by atoms with Crippen LogP contribution in [0.2, 0.25) is 0 Å². The van der Waals surface area contributed by atoms with Crippen LogP contribution in [0.3, 0.4) is 0 Å². The van der Waals surface area contributed by atoms with Crippen molar-refractivity contribution in [2.24, 2.45) is 0 Å². The Kier molecular flexibility index (Phi) is 7.02. The maximum atomic E-state index is 13.1. The summed E-state index contributed by atoms with van der Waals surface area (Å²) in [5.41, 5.74) is 4.82. The van der Waals surface area contributed by atoms with E-state index in [9.17, 15) is 4.79 Å². The predicted molar refractivity (Wildman–Crippen MR) is 158 cm³/mol. The fourth-order valence-corrected chi connectivity index (χ4v) is 8.68. The molecule has 0 radical (unpaired) electrons. The minimum Gasteiger partial charge on any atom is -0.468 e. The molecule has 0 saturated carbocycles. The van der Waals surface area contributed by atoms with Crippen molar-refractivity contribution in [2.75, 3.05) is 20.2 Å². The molecule has 0 spiro atoms. The zero-order valence-electron chi connectivity index (χ0n) is 21.9. The Labute approximate surface area is 225 Å². The second-order valence-electron chi connectivity index (χ2n) is 10.1. The standard InChI is InChI=1S/C33H33N2O2P/c1-23(26-17-11-19-31(26)38(24-12-5-3-6-13-24)25-14-7-4-8-15-25)35-21-20-28-27-16-9-10-18-30(27)34-32(28)29(22-35)33(36)37-2/h3-16,18-19,23,29,34H,17,20-22H2,1-2H3/t23-,29?/m1/s1. The topological polar surface area (TPSA) is 45.3 Å². The molecule has 4 nitrogen and oxygen atoms in total. The van der Waals surface area contributed by atoms with Crippen LogP contribution < -0.4 is 10.6 Å². The van der Waals surface area contributed by atoms with E-state index >= 15 is 0 Å². The number of aromatic amines is 1. The number of H-pyrrole nitrogens is 1. The van der Waals surface area contributed by atoms with Crippen LogP contribution in [0.15, 0.2) is 108 Å². The van der Waals surface area contributed by atoms with Crippen molar-refractivity contribution in [1.82, 2.24) is 9.88 Å². The molecule has 38 heavy (non-hydrogen) atoms. The number of methoxy groups -OCH3 is 1. The lowest BCUT2D eigenvalue weighted by Crippen LogP contribution is -2.39. The Morgan fingerprint density at radius 2 is 1.63 bits per heavy atom. The van der Waals surface area contributed by atoms with E-state index in [4.69, 9.17) is 4.74 Å². The first-order valence-corrected chi connectivity index (χ1v) is 14.7. The number of allylic oxidation sites excluding steroid dienone is 3. The average Bonchev–Trinajstić information content (AvgIpc) is 3.54. The van der Waals surface area contributed by atoms with Crippen molar-refractivity contribution >= 4 is 35.4 Å². The van der Waals surface area contributed by atoms with Gasteiger partial charge in [0.25, 0.3) is 0 Å². The molecule has 1 aliphatic heterocycles. The normalized spacial score (nSPS) is 18.6. The number of nitrogens with zero attached hydrogens (tertiary/aromatic N) is 1. The summed E-state index contributed by atoms with van der Waals surface area (Å²) in [6, 6.07) is 30.4. The molecule has 0 bridgehead atoms. The number of esters is 1. The number of carbonyl (C=O) groups excluding carboxylic acids is 1. The van der Waals surface area contributed by atoms with Crippen LogP contribution in [-0.4, -0.2) is 42.1 Å². The van der Waals surface area contributed by atoms with Gasteiger partial charge in [-0.1, -0.05) is 91.0 Å². The Hall–Kier alpha value is -3.46. The Morgan fingerprint density at radius 3 is 2.32 bits per heavy atom. The quantitative estimate of drug-likeness (QED) is 0.250. The Balaban J connectivity index is 1.38. The highest BCUT2D eigenvalue weighted by Crippen LogP contribution is 2.49. The number of hydrogen-bond donors (Lipinski definition) is 1. The van der Waals surface area contributed by atoms with Crippen molar-refractivity contribution in [3.05, 3.63) is 119 Å². The highest BCUT2D eigenvalue weighted by atomic mass is 31.1. The van der Waals surface area contributed by atoms with Gasteiger partial charge in [0.1, 0.15) is 5.92 Å². The molecule has 1 aliphatic carbocycles. The molecule has 6 rings (SSSR count). The van der Waals surface area contributed by atoms with Gasteiger partial charge < -0.3 is 9.72 Å². The van der Waals surface area contributed by atoms with Crippen LogP contribution in [-0.2, 0) is 16.0 Å². The summed E-state index contributed by atoms with van der Waals surface area (Å²) in [6.45, 7) is 3.85. The van der Waals surface area contributed by atoms with Crippen molar-refractivity contribution in [3.8, 4) is 0 Å². The molecular weight excluding hydrogens is 487 g/mol. The van der Waals surface area contributed by atoms with E-state index < -0.39 is 7.92 Å². The number of ether oxygens (including phenoxy) is 1. The van der Waals surface area contributed by atoms with Gasteiger partial charge in [0, 0.05) is 35.7 Å². The van der Waals surface area contributed by atoms with E-state index in [1.165, 1.54) is 39.6 Å². The molecule has 192 valence electrons. The van der Waals surface area contributed by atoms with Crippen LogP contribution in [0.1, 0.15) is 30.5 Å². The minimum atomic E-state index is -0.671. The van der Waals surface area contributed by atoms with E-state index in [2.05, 4.69) is 108 Å². The van der Waals surface area contributed by atoms with Gasteiger partial charge in [0.2, 0.25) is 0 Å². The molecule has 5 heteroatoms. The predicted octanol–water partition coefficient (Wildman–Crippen LogP) is 6.02. The van der Waals surface area contributed by atoms with E-state index in [-0.39, 0.29) is 17.9 Å². The lowest BCUT2D eigenvalue weighted by Gasteiger charge is -2.33. The van der Waals surface area contributed by atoms with Crippen LogP contribution in [0.25, 0.3) is 10.9 Å². The summed E-state index contributed by atoms with van der Waals surface area (Å²) in [7, 11) is 0.827. The molecule has 2 atom stereocenters. The SMILES string of the molecule is COC(=O)C1CN([C@H](C)C2=C(P(c3ccccc3)c3ccccc3)C=CC2)CCc2c1[nH]c1ccccc21. The molecule has 1 N–H and O–H groups in total. The first-order chi connectivity index (χ1) is 18.7. The number of fused-ring (bicyclic) bond motifs is 3. The minimum absolute atomic E-state index is 0.175. The molecule has 1 unspecified atom stereocenters. The third-order valence-corrected chi connectivity index (χ3v) is 10.6. The van der Waals surface area contributed by atoms with Gasteiger partial charge in [0.15, 0.2) is 0 Å². The smallest absolute Gasteiger partial charge is 0.315 e. The second kappa shape index (κ2) is 10.7. The summed E-state index contributed by atoms with van der Waals surface area (Å²) in [4.78, 5) is 19.2. The Bertz CT molecular complexity index is 1470. The van der Waals surface area contributed by atoms with Gasteiger partial charge >= 0.3 is 5.97 Å². The van der Waals surface area contributed by atoms with Gasteiger partial charge in [-0.15, -0.1) is 0 Å². The van der Waals surface area contributed by atoms with E-state index in [0.29, 0.717) is 6.54 Å². The zero-order valence-corrected chi connectivity index (χ0v) is 22.8. The molecule has 0 amide bonds. The number of para-hydroxylation sites is 1. The van der Waals surface area contributed by atoms with Gasteiger partial charge in [0.05, 0.1) is 7.11 Å². The molecule has 2 heterocycles. The molecule has 0 fully saturated rings. The molecule has 2 aliphatic rings. The van der Waals surface area contributed by atoms with E-state index in [1.54, 1.807) is 0 Å². The average molecular weight is 521 g/mol. The first-order valence-electron chi connectivity index (χ1n) is 13.4. The number of aromatic nitrogens is 1. The van der Waals surface area contributed by atoms with Crippen LogP contribution in [0, 0.1) is 0 Å². The summed E-state index contributed by atoms with van der Waals surface area (Å²) in [6.07, 6.45) is 6.51. The number of hydrogen-bond acceptors (Lipinski definition) is 3. The third kappa shape index (κ3) is 4.53. The lowest BCUT2D eigenvalue weighted by molar-refractivity contribution is -0.143. The first kappa shape index (κ1) is 24.9. The monoisotopic (exact) mass is 520 g/mol. The van der Waals surface area contributed by atoms with Crippen molar-refractivity contribution in [2.45, 2.75) is 31.7 Å². The third-order valence-electron chi connectivity index (χ3n) is 8.01. The number of nitrogens with one attached hydrogen (secondary N) is 1. The van der Waals surface area contributed by atoms with Crippen LogP contribution >= 0.6 is 7.92 Å². The fourth-order valence-electron chi connectivity index (χ4n) is 6.06. The van der Waals surface area contributed by atoms with E-state index in [0.717, 1.165) is 30.6 Å². The summed E-state index contributed by atoms with van der Waals surface area (Å²) in [5.74, 6) is -0.512. The van der Waals surface area contributed by atoms with Gasteiger partial charge in [-0.25, -0.2) is 0 Å². The molecule has 0 saturated heterocycles. The van der Waals surface area contributed by atoms with Gasteiger partial charge in [-0.2, -0.15) is 0 Å². The molecule has 4 aromatic rings. The summed E-state index contributed by atoms with van der Waals surface area (Å²) in [5, 5.41) is 5.38. The number of benzene rings is 3. The highest BCUT2D eigenvalue weighted by Gasteiger charge is 2.35. The molecule has 3 aromatic carbocycles. The van der Waals surface area contributed by atoms with Crippen LogP contribution in [0.5, 0.6) is 0 Å². The number of carbonyl (C=O) groups is 1. The Morgan fingerprint density at radius 1 is 0.974 bits per heavy atom.